The molecule has 3 aromatic rings. The molecular formula is C22H15F5N2O5. The quantitative estimate of drug-likeness (QED) is 0.285. The number of halogens is 5. The third kappa shape index (κ3) is 5.82. The lowest BCUT2D eigenvalue weighted by molar-refractivity contribution is -0.137. The Kier molecular flexibility index (Phi) is 7.08. The van der Waals surface area contributed by atoms with E-state index in [1.807, 2.05) is 0 Å². The number of ether oxygens (including phenoxy) is 2. The molecule has 0 radical (unpaired) electrons. The molecule has 3 rings (SSSR count). The molecule has 7 nitrogen and oxygen atoms in total. The summed E-state index contributed by atoms with van der Waals surface area (Å²) in [7, 11) is 0. The second-order valence-corrected chi connectivity index (χ2v) is 6.86. The van der Waals surface area contributed by atoms with Crippen molar-refractivity contribution in [2.45, 2.75) is 19.7 Å². The van der Waals surface area contributed by atoms with E-state index in [4.69, 9.17) is 4.74 Å². The Bertz CT molecular complexity index is 1270. The molecule has 178 valence electrons. The van der Waals surface area contributed by atoms with Crippen molar-refractivity contribution in [1.29, 1.82) is 0 Å². The SMILES string of the molecule is Cc1cc(=O)c(C(=O)OCC(=O)c2ccc(OC(F)F)cc2)nn1-c1cccc(C(F)(F)F)c1. The summed E-state index contributed by atoms with van der Waals surface area (Å²) in [5.74, 6) is -2.15. The average Bonchev–Trinajstić information content (AvgIpc) is 2.77. The lowest BCUT2D eigenvalue weighted by atomic mass is 10.1. The number of Topliss-reactive ketones (excluding diaryl/α,β-unsaturated/α-hetero) is 1. The third-order valence-corrected chi connectivity index (χ3v) is 4.45. The molecule has 0 aliphatic carbocycles. The molecule has 0 saturated carbocycles. The molecule has 0 saturated heterocycles. The number of carbonyl (C=O) groups excluding carboxylic acids is 2. The van der Waals surface area contributed by atoms with Gasteiger partial charge in [-0.25, -0.2) is 9.48 Å². The van der Waals surface area contributed by atoms with Crippen molar-refractivity contribution in [2.75, 3.05) is 6.61 Å². The predicted octanol–water partition coefficient (Wildman–Crippen LogP) is 4.20. The molecule has 0 aliphatic rings. The fourth-order valence-corrected chi connectivity index (χ4v) is 2.87. The van der Waals surface area contributed by atoms with Crippen LogP contribution in [0, 0.1) is 6.92 Å². The van der Waals surface area contributed by atoms with Crippen molar-refractivity contribution in [1.82, 2.24) is 9.78 Å². The van der Waals surface area contributed by atoms with Crippen LogP contribution in [0.2, 0.25) is 0 Å². The van der Waals surface area contributed by atoms with Crippen molar-refractivity contribution >= 4 is 11.8 Å². The summed E-state index contributed by atoms with van der Waals surface area (Å²) in [5.41, 5.74) is -2.42. The van der Waals surface area contributed by atoms with Crippen molar-refractivity contribution < 1.29 is 41.0 Å². The first-order valence-electron chi connectivity index (χ1n) is 9.49. The van der Waals surface area contributed by atoms with Crippen molar-refractivity contribution in [3.8, 4) is 11.4 Å². The lowest BCUT2D eigenvalue weighted by Gasteiger charge is -2.13. The van der Waals surface area contributed by atoms with Crippen LogP contribution in [0.3, 0.4) is 0 Å². The minimum Gasteiger partial charge on any atom is -0.452 e. The van der Waals surface area contributed by atoms with Gasteiger partial charge in [-0.05, 0) is 49.4 Å². The number of hydrogen-bond donors (Lipinski definition) is 0. The zero-order chi connectivity index (χ0) is 25.0. The van der Waals surface area contributed by atoms with Crippen molar-refractivity contribution in [3.63, 3.8) is 0 Å². The van der Waals surface area contributed by atoms with Crippen LogP contribution in [0.15, 0.2) is 59.4 Å². The maximum Gasteiger partial charge on any atom is 0.416 e. The van der Waals surface area contributed by atoms with Gasteiger partial charge in [0.1, 0.15) is 5.75 Å². The maximum absolute atomic E-state index is 13.0. The molecule has 0 unspecified atom stereocenters. The number of aromatic nitrogens is 2. The molecule has 1 aromatic heterocycles. The van der Waals surface area contributed by atoms with Gasteiger partial charge in [0.2, 0.25) is 11.1 Å². The van der Waals surface area contributed by atoms with Crippen LogP contribution in [-0.2, 0) is 10.9 Å². The van der Waals surface area contributed by atoms with Gasteiger partial charge in [0, 0.05) is 17.3 Å². The molecule has 12 heteroatoms. The van der Waals surface area contributed by atoms with Gasteiger partial charge in [0.15, 0.2) is 12.4 Å². The zero-order valence-corrected chi connectivity index (χ0v) is 17.3. The van der Waals surface area contributed by atoms with E-state index in [1.165, 1.54) is 25.1 Å². The highest BCUT2D eigenvalue weighted by Crippen LogP contribution is 2.30. The molecule has 1 heterocycles. The van der Waals surface area contributed by atoms with Crippen LogP contribution >= 0.6 is 0 Å². The number of hydrogen-bond acceptors (Lipinski definition) is 6. The molecular weight excluding hydrogens is 467 g/mol. The summed E-state index contributed by atoms with van der Waals surface area (Å²) in [4.78, 5) is 36.8. The van der Waals surface area contributed by atoms with Gasteiger partial charge in [-0.3, -0.25) is 9.59 Å². The number of benzene rings is 2. The molecule has 0 bridgehead atoms. The summed E-state index contributed by atoms with van der Waals surface area (Å²) in [6.07, 6.45) is -4.62. The van der Waals surface area contributed by atoms with E-state index in [-0.39, 0.29) is 22.7 Å². The molecule has 0 spiro atoms. The van der Waals surface area contributed by atoms with Crippen LogP contribution in [-0.4, -0.2) is 34.8 Å². The summed E-state index contributed by atoms with van der Waals surface area (Å²) in [6, 6.07) is 9.70. The summed E-state index contributed by atoms with van der Waals surface area (Å²) >= 11 is 0. The van der Waals surface area contributed by atoms with Gasteiger partial charge in [-0.2, -0.15) is 27.1 Å². The summed E-state index contributed by atoms with van der Waals surface area (Å²) < 4.78 is 73.4. The first-order chi connectivity index (χ1) is 16.0. The van der Waals surface area contributed by atoms with E-state index >= 15 is 0 Å². The van der Waals surface area contributed by atoms with E-state index in [9.17, 15) is 36.3 Å². The Morgan fingerprint density at radius 3 is 2.35 bits per heavy atom. The number of esters is 1. The van der Waals surface area contributed by atoms with E-state index in [2.05, 4.69) is 9.84 Å². The van der Waals surface area contributed by atoms with Gasteiger partial charge in [-0.15, -0.1) is 0 Å². The zero-order valence-electron chi connectivity index (χ0n) is 17.3. The number of alkyl halides is 5. The maximum atomic E-state index is 13.0. The largest absolute Gasteiger partial charge is 0.452 e. The Morgan fingerprint density at radius 2 is 1.74 bits per heavy atom. The predicted molar refractivity (Wildman–Crippen MR) is 107 cm³/mol. The fraction of sp³-hybridized carbons (Fsp3) is 0.182. The highest BCUT2D eigenvalue weighted by molar-refractivity contribution is 5.99. The highest BCUT2D eigenvalue weighted by Gasteiger charge is 2.30. The van der Waals surface area contributed by atoms with Crippen LogP contribution in [0.5, 0.6) is 5.75 Å². The number of ketones is 1. The summed E-state index contributed by atoms with van der Waals surface area (Å²) in [5, 5.41) is 3.82. The van der Waals surface area contributed by atoms with Gasteiger partial charge in [0.25, 0.3) is 0 Å². The number of rotatable bonds is 7. The Hall–Kier alpha value is -4.09. The third-order valence-electron chi connectivity index (χ3n) is 4.45. The van der Waals surface area contributed by atoms with Crippen LogP contribution in [0.25, 0.3) is 5.69 Å². The molecule has 0 fully saturated rings. The molecule has 0 N–H and O–H groups in total. The first kappa shape index (κ1) is 24.6. The molecule has 0 aliphatic heterocycles. The number of carbonyl (C=O) groups is 2. The minimum atomic E-state index is -4.62. The highest BCUT2D eigenvalue weighted by atomic mass is 19.4. The van der Waals surface area contributed by atoms with E-state index in [0.29, 0.717) is 0 Å². The van der Waals surface area contributed by atoms with Crippen molar-refractivity contribution in [3.05, 3.63) is 87.3 Å². The van der Waals surface area contributed by atoms with Crippen LogP contribution < -0.4 is 10.2 Å². The van der Waals surface area contributed by atoms with Crippen LogP contribution in [0.4, 0.5) is 22.0 Å². The molecule has 0 atom stereocenters. The first-order valence-corrected chi connectivity index (χ1v) is 9.49. The average molecular weight is 482 g/mol. The normalized spacial score (nSPS) is 11.4. The molecule has 2 aromatic carbocycles. The topological polar surface area (TPSA) is 87.5 Å². The number of nitrogens with zero attached hydrogens (tertiary/aromatic N) is 2. The van der Waals surface area contributed by atoms with Crippen molar-refractivity contribution in [2.24, 2.45) is 0 Å². The number of aryl methyl sites for hydroxylation is 1. The van der Waals surface area contributed by atoms with E-state index in [1.54, 1.807) is 0 Å². The monoisotopic (exact) mass is 482 g/mol. The van der Waals surface area contributed by atoms with Gasteiger partial charge in [0.05, 0.1) is 11.3 Å². The summed E-state index contributed by atoms with van der Waals surface area (Å²) in [6.45, 7) is -2.43. The standard InChI is InChI=1S/C22H15F5N2O5/c1-12-9-17(30)19(28-29(12)15-4-2-3-14(10-15)22(25,26)27)20(32)33-11-18(31)13-5-7-16(8-6-13)34-21(23)24/h2-10,21H,11H2,1H3. The lowest BCUT2D eigenvalue weighted by Crippen LogP contribution is -2.25. The Morgan fingerprint density at radius 1 is 1.06 bits per heavy atom. The van der Waals surface area contributed by atoms with Gasteiger partial charge in [-0.1, -0.05) is 6.07 Å². The smallest absolute Gasteiger partial charge is 0.416 e. The van der Waals surface area contributed by atoms with E-state index in [0.717, 1.165) is 41.1 Å². The van der Waals surface area contributed by atoms with Crippen LogP contribution in [0.1, 0.15) is 32.1 Å². The second kappa shape index (κ2) is 9.81. The molecule has 34 heavy (non-hydrogen) atoms. The Labute approximate surface area is 188 Å². The van der Waals surface area contributed by atoms with Gasteiger partial charge < -0.3 is 9.47 Å². The minimum absolute atomic E-state index is 0.0210. The van der Waals surface area contributed by atoms with E-state index < -0.39 is 47.8 Å². The Balaban J connectivity index is 1.78. The fourth-order valence-electron chi connectivity index (χ4n) is 2.87. The van der Waals surface area contributed by atoms with Gasteiger partial charge >= 0.3 is 18.8 Å². The second-order valence-electron chi connectivity index (χ2n) is 6.86. The molecule has 0 amide bonds.